The molecule has 35 heavy (non-hydrogen) atoms. The number of aryl methyl sites for hydroxylation is 1. The van der Waals surface area contributed by atoms with Crippen molar-refractivity contribution in [1.29, 1.82) is 0 Å². The monoisotopic (exact) mass is 481 g/mol. The Labute approximate surface area is 207 Å². The zero-order valence-electron chi connectivity index (χ0n) is 21.6. The van der Waals surface area contributed by atoms with Gasteiger partial charge < -0.3 is 34.1 Å². The van der Waals surface area contributed by atoms with E-state index in [9.17, 15) is 4.79 Å². The minimum atomic E-state index is -0.772. The van der Waals surface area contributed by atoms with E-state index in [4.69, 9.17) is 19.0 Å². The summed E-state index contributed by atoms with van der Waals surface area (Å²) in [6, 6.07) is 5.89. The number of hydrogen-bond acceptors (Lipinski definition) is 8. The molecule has 2 atom stereocenters. The van der Waals surface area contributed by atoms with Crippen LogP contribution in [0.25, 0.3) is 0 Å². The van der Waals surface area contributed by atoms with Crippen LogP contribution in [0, 0.1) is 0 Å². The van der Waals surface area contributed by atoms with E-state index in [1.807, 2.05) is 46.0 Å². The predicted molar refractivity (Wildman–Crippen MR) is 138 cm³/mol. The summed E-state index contributed by atoms with van der Waals surface area (Å²) >= 11 is 0. The molecule has 5 heterocycles. The first-order valence-electron chi connectivity index (χ1n) is 12.4. The van der Waals surface area contributed by atoms with E-state index >= 15 is 0 Å². The van der Waals surface area contributed by atoms with Gasteiger partial charge in [0, 0.05) is 45.2 Å². The highest BCUT2D eigenvalue weighted by molar-refractivity contribution is 6.63. The highest BCUT2D eigenvalue weighted by Crippen LogP contribution is 2.37. The lowest BCUT2D eigenvalue weighted by molar-refractivity contribution is -0.0938. The summed E-state index contributed by atoms with van der Waals surface area (Å²) in [5.41, 5.74) is 0.763. The lowest BCUT2D eigenvalue weighted by Crippen LogP contribution is -2.68. The number of nitrogens with one attached hydrogen (secondary N) is 2. The summed E-state index contributed by atoms with van der Waals surface area (Å²) in [6.07, 6.45) is 4.92. The Morgan fingerprint density at radius 3 is 2.46 bits per heavy atom. The Hall–Kier alpha value is -2.40. The topological polar surface area (TPSA) is 89.9 Å². The molecule has 10 heteroatoms. The van der Waals surface area contributed by atoms with Crippen LogP contribution in [0.2, 0.25) is 0 Å². The Balaban J connectivity index is 1.41. The smallest absolute Gasteiger partial charge is 0.399 e. The minimum absolute atomic E-state index is 0.108. The Kier molecular flexibility index (Phi) is 5.99. The SMILES string of the molecule is Cn1ccc(Nc2ccc(N3CCNC[C@@]3(C)C3CCO3)cn2)c(B2OC(C)(C)C(C)(C)O2)c1=O. The predicted octanol–water partition coefficient (Wildman–Crippen LogP) is 1.78. The molecular weight excluding hydrogens is 445 g/mol. The molecule has 9 nitrogen and oxygen atoms in total. The van der Waals surface area contributed by atoms with Crippen LogP contribution in [0.4, 0.5) is 17.2 Å². The fraction of sp³-hybridized carbons (Fsp3) is 0.600. The maximum atomic E-state index is 13.1. The van der Waals surface area contributed by atoms with E-state index in [0.717, 1.165) is 38.3 Å². The third kappa shape index (κ3) is 4.16. The van der Waals surface area contributed by atoms with E-state index in [2.05, 4.69) is 28.5 Å². The molecule has 0 saturated carbocycles. The molecular formula is C25H36BN5O4. The highest BCUT2D eigenvalue weighted by atomic mass is 16.7. The lowest BCUT2D eigenvalue weighted by atomic mass is 9.78. The number of rotatable bonds is 5. The second-order valence-electron chi connectivity index (χ2n) is 11.0. The molecule has 1 unspecified atom stereocenters. The highest BCUT2D eigenvalue weighted by Gasteiger charge is 2.53. The van der Waals surface area contributed by atoms with Crippen molar-refractivity contribution in [2.24, 2.45) is 7.05 Å². The summed E-state index contributed by atoms with van der Waals surface area (Å²) < 4.78 is 19.8. The third-order valence-electron chi connectivity index (χ3n) is 8.12. The van der Waals surface area contributed by atoms with Gasteiger partial charge in [-0.1, -0.05) is 0 Å². The van der Waals surface area contributed by atoms with Crippen LogP contribution in [-0.2, 0) is 21.1 Å². The van der Waals surface area contributed by atoms with Gasteiger partial charge in [-0.25, -0.2) is 4.98 Å². The molecule has 0 bridgehead atoms. The third-order valence-corrected chi connectivity index (χ3v) is 8.12. The van der Waals surface area contributed by atoms with Crippen molar-refractivity contribution >= 4 is 29.8 Å². The Morgan fingerprint density at radius 1 is 1.14 bits per heavy atom. The second kappa shape index (κ2) is 8.62. The molecule has 2 N–H and O–H groups in total. The quantitative estimate of drug-likeness (QED) is 0.625. The lowest BCUT2D eigenvalue weighted by Gasteiger charge is -2.53. The Morgan fingerprint density at radius 2 is 1.86 bits per heavy atom. The van der Waals surface area contributed by atoms with Crippen molar-refractivity contribution in [3.05, 3.63) is 40.9 Å². The molecule has 2 aromatic heterocycles. The van der Waals surface area contributed by atoms with Gasteiger partial charge in [0.1, 0.15) is 5.82 Å². The minimum Gasteiger partial charge on any atom is -0.399 e. The van der Waals surface area contributed by atoms with Gasteiger partial charge in [0.2, 0.25) is 0 Å². The van der Waals surface area contributed by atoms with E-state index in [-0.39, 0.29) is 17.2 Å². The summed E-state index contributed by atoms with van der Waals surface area (Å²) in [7, 11) is 0.954. The number of aromatic nitrogens is 2. The van der Waals surface area contributed by atoms with Gasteiger partial charge in [-0.3, -0.25) is 4.79 Å². The standard InChI is InChI=1S/C25H36BN5O4/c1-23(2)24(3,4)35-26(34-23)21-18(9-12-30(6)22(21)32)29-20-8-7-17(15-28-20)31-13-11-27-16-25(31,5)19-10-14-33-19/h7-9,12,15,19,27H,10-11,13-14,16H2,1-6H3,(H,28,29)/t19?,25-/m0/s1. The average Bonchev–Trinajstić information content (AvgIpc) is 2.97. The molecule has 0 aliphatic carbocycles. The molecule has 0 radical (unpaired) electrons. The van der Waals surface area contributed by atoms with Gasteiger partial charge in [0.15, 0.2) is 0 Å². The maximum absolute atomic E-state index is 13.1. The summed E-state index contributed by atoms with van der Waals surface area (Å²) in [5, 5.41) is 6.84. The summed E-state index contributed by atoms with van der Waals surface area (Å²) in [4.78, 5) is 20.2. The fourth-order valence-electron chi connectivity index (χ4n) is 5.03. The van der Waals surface area contributed by atoms with Crippen LogP contribution < -0.4 is 26.6 Å². The first-order chi connectivity index (χ1) is 16.5. The maximum Gasteiger partial charge on any atom is 0.502 e. The van der Waals surface area contributed by atoms with Crippen LogP contribution in [0.3, 0.4) is 0 Å². The van der Waals surface area contributed by atoms with Gasteiger partial charge in [-0.05, 0) is 59.2 Å². The van der Waals surface area contributed by atoms with Crippen molar-refractivity contribution in [1.82, 2.24) is 14.9 Å². The van der Waals surface area contributed by atoms with E-state index < -0.39 is 18.3 Å². The van der Waals surface area contributed by atoms with Gasteiger partial charge in [-0.2, -0.15) is 0 Å². The van der Waals surface area contributed by atoms with Crippen molar-refractivity contribution in [3.8, 4) is 0 Å². The molecule has 3 aliphatic heterocycles. The number of piperazine rings is 1. The van der Waals surface area contributed by atoms with E-state index in [0.29, 0.717) is 17.0 Å². The molecule has 5 rings (SSSR count). The summed E-state index contributed by atoms with van der Waals surface area (Å²) in [5.74, 6) is 0.650. The van der Waals surface area contributed by atoms with Crippen LogP contribution in [-0.4, -0.2) is 65.8 Å². The molecule has 0 amide bonds. The van der Waals surface area contributed by atoms with Crippen LogP contribution in [0.15, 0.2) is 35.4 Å². The van der Waals surface area contributed by atoms with Crippen molar-refractivity contribution in [3.63, 3.8) is 0 Å². The first kappa shape index (κ1) is 24.3. The molecule has 3 fully saturated rings. The number of nitrogens with zero attached hydrogens (tertiary/aromatic N) is 3. The zero-order chi connectivity index (χ0) is 25.0. The van der Waals surface area contributed by atoms with Gasteiger partial charge in [0.25, 0.3) is 5.56 Å². The van der Waals surface area contributed by atoms with Gasteiger partial charge >= 0.3 is 7.12 Å². The fourth-order valence-corrected chi connectivity index (χ4v) is 5.03. The number of hydrogen-bond donors (Lipinski definition) is 2. The van der Waals surface area contributed by atoms with Crippen LogP contribution in [0.5, 0.6) is 0 Å². The largest absolute Gasteiger partial charge is 0.502 e. The number of pyridine rings is 2. The molecule has 3 saturated heterocycles. The number of anilines is 3. The molecule has 0 aromatic carbocycles. The Bertz CT molecular complexity index is 1130. The van der Waals surface area contributed by atoms with E-state index in [1.54, 1.807) is 13.2 Å². The van der Waals surface area contributed by atoms with Crippen molar-refractivity contribution < 1.29 is 14.0 Å². The van der Waals surface area contributed by atoms with E-state index in [1.165, 1.54) is 4.57 Å². The van der Waals surface area contributed by atoms with Crippen molar-refractivity contribution in [2.45, 2.75) is 63.9 Å². The molecule has 2 aromatic rings. The van der Waals surface area contributed by atoms with Crippen LogP contribution in [0.1, 0.15) is 41.0 Å². The van der Waals surface area contributed by atoms with Crippen LogP contribution >= 0.6 is 0 Å². The van der Waals surface area contributed by atoms with Gasteiger partial charge in [-0.15, -0.1) is 0 Å². The molecule has 188 valence electrons. The zero-order valence-corrected chi connectivity index (χ0v) is 21.6. The molecule has 3 aliphatic rings. The number of ether oxygens (including phenoxy) is 1. The van der Waals surface area contributed by atoms with Gasteiger partial charge in [0.05, 0.1) is 40.2 Å². The van der Waals surface area contributed by atoms with Crippen molar-refractivity contribution in [2.75, 3.05) is 36.5 Å². The second-order valence-corrected chi connectivity index (χ2v) is 11.0. The molecule has 0 spiro atoms. The summed E-state index contributed by atoms with van der Waals surface area (Å²) in [6.45, 7) is 13.7. The normalized spacial score (nSPS) is 27.5. The first-order valence-corrected chi connectivity index (χ1v) is 12.4. The average molecular weight is 481 g/mol.